The van der Waals surface area contributed by atoms with Gasteiger partial charge in [-0.3, -0.25) is 4.90 Å². The number of amides is 1. The smallest absolute Gasteiger partial charge is 0.414 e. The average Bonchev–Trinajstić information content (AvgIpc) is 2.85. The average molecular weight is 285 g/mol. The number of alkyl halides is 2. The Hall–Kier alpha value is -2.18. The van der Waals surface area contributed by atoms with E-state index in [2.05, 4.69) is 4.74 Å². The Labute approximate surface area is 114 Å². The van der Waals surface area contributed by atoms with Gasteiger partial charge in [0, 0.05) is 11.3 Å². The fourth-order valence-corrected chi connectivity index (χ4v) is 1.82. The minimum atomic E-state index is -3.71. The molecule has 0 atom stereocenters. The summed E-state index contributed by atoms with van der Waals surface area (Å²) in [5.74, 6) is -5.30. The molecule has 20 heavy (non-hydrogen) atoms. The first-order chi connectivity index (χ1) is 9.46. The van der Waals surface area contributed by atoms with E-state index in [0.29, 0.717) is 12.2 Å². The summed E-state index contributed by atoms with van der Waals surface area (Å²) in [4.78, 5) is 23.9. The Morgan fingerprint density at radius 1 is 1.40 bits per heavy atom. The van der Waals surface area contributed by atoms with Crippen molar-refractivity contribution in [2.45, 2.75) is 12.8 Å². The first kappa shape index (κ1) is 14.2. The number of rotatable bonds is 4. The van der Waals surface area contributed by atoms with Crippen LogP contribution >= 0.6 is 0 Å². The van der Waals surface area contributed by atoms with E-state index >= 15 is 0 Å². The maximum Gasteiger partial charge on any atom is 0.414 e. The lowest BCUT2D eigenvalue weighted by Crippen LogP contribution is -2.28. The highest BCUT2D eigenvalue weighted by atomic mass is 19.3. The highest BCUT2D eigenvalue weighted by molar-refractivity contribution is 5.89. The van der Waals surface area contributed by atoms with Crippen molar-refractivity contribution in [1.82, 2.24) is 0 Å². The SMILES string of the molecule is CCOC(=O)C(F)(F)c1ccc(N2CCOC2=O)cc1. The van der Waals surface area contributed by atoms with Crippen molar-refractivity contribution >= 4 is 17.7 Å². The zero-order valence-corrected chi connectivity index (χ0v) is 10.8. The molecular formula is C13H13F2NO4. The number of carbonyl (C=O) groups is 2. The van der Waals surface area contributed by atoms with Crippen LogP contribution < -0.4 is 4.90 Å². The summed E-state index contributed by atoms with van der Waals surface area (Å²) < 4.78 is 36.6. The van der Waals surface area contributed by atoms with E-state index in [1.54, 1.807) is 0 Å². The van der Waals surface area contributed by atoms with Gasteiger partial charge in [-0.15, -0.1) is 0 Å². The molecular weight excluding hydrogens is 272 g/mol. The van der Waals surface area contributed by atoms with Crippen LogP contribution in [0.2, 0.25) is 0 Å². The Bertz CT molecular complexity index is 516. The molecule has 1 heterocycles. The number of nitrogens with zero attached hydrogens (tertiary/aromatic N) is 1. The number of anilines is 1. The van der Waals surface area contributed by atoms with Crippen LogP contribution in [0.4, 0.5) is 19.3 Å². The fourth-order valence-electron chi connectivity index (χ4n) is 1.82. The molecule has 1 fully saturated rings. The molecule has 0 aromatic heterocycles. The molecule has 0 unspecified atom stereocenters. The van der Waals surface area contributed by atoms with E-state index < -0.39 is 23.5 Å². The minimum absolute atomic E-state index is 0.119. The van der Waals surface area contributed by atoms with Crippen molar-refractivity contribution in [3.8, 4) is 0 Å². The van der Waals surface area contributed by atoms with Crippen LogP contribution in [0.15, 0.2) is 24.3 Å². The summed E-state index contributed by atoms with van der Waals surface area (Å²) in [5, 5.41) is 0. The molecule has 1 aromatic rings. The molecule has 0 spiro atoms. The number of cyclic esters (lactones) is 1. The number of benzene rings is 1. The third kappa shape index (κ3) is 2.56. The first-order valence-electron chi connectivity index (χ1n) is 6.06. The number of hydrogen-bond donors (Lipinski definition) is 0. The molecule has 7 heteroatoms. The van der Waals surface area contributed by atoms with Crippen molar-refractivity contribution in [1.29, 1.82) is 0 Å². The van der Waals surface area contributed by atoms with Crippen LogP contribution in [0.3, 0.4) is 0 Å². The zero-order valence-electron chi connectivity index (χ0n) is 10.8. The second kappa shape index (κ2) is 5.44. The second-order valence-corrected chi connectivity index (χ2v) is 4.11. The number of esters is 1. The van der Waals surface area contributed by atoms with Crippen molar-refractivity contribution in [3.63, 3.8) is 0 Å². The van der Waals surface area contributed by atoms with E-state index in [-0.39, 0.29) is 13.2 Å². The summed E-state index contributed by atoms with van der Waals surface area (Å²) in [5.41, 5.74) is -0.0387. The van der Waals surface area contributed by atoms with Gasteiger partial charge in [0.15, 0.2) is 0 Å². The van der Waals surface area contributed by atoms with Gasteiger partial charge in [0.25, 0.3) is 0 Å². The highest BCUT2D eigenvalue weighted by Crippen LogP contribution is 2.31. The normalized spacial score (nSPS) is 15.2. The molecule has 1 aromatic carbocycles. The molecule has 1 aliphatic rings. The molecule has 1 saturated heterocycles. The monoisotopic (exact) mass is 285 g/mol. The van der Waals surface area contributed by atoms with Crippen molar-refractivity contribution in [3.05, 3.63) is 29.8 Å². The van der Waals surface area contributed by atoms with Gasteiger partial charge in [0.2, 0.25) is 0 Å². The quantitative estimate of drug-likeness (QED) is 0.796. The molecule has 0 bridgehead atoms. The summed E-state index contributed by atoms with van der Waals surface area (Å²) in [6.45, 7) is 1.97. The Balaban J connectivity index is 2.19. The molecule has 0 saturated carbocycles. The third-order valence-corrected chi connectivity index (χ3v) is 2.83. The second-order valence-electron chi connectivity index (χ2n) is 4.11. The van der Waals surface area contributed by atoms with Crippen LogP contribution in [-0.2, 0) is 20.2 Å². The molecule has 0 N–H and O–H groups in total. The summed E-state index contributed by atoms with van der Waals surface area (Å²) in [6.07, 6.45) is -0.519. The summed E-state index contributed by atoms with van der Waals surface area (Å²) in [7, 11) is 0. The Morgan fingerprint density at radius 2 is 2.05 bits per heavy atom. The van der Waals surface area contributed by atoms with E-state index in [1.165, 1.54) is 24.0 Å². The third-order valence-electron chi connectivity index (χ3n) is 2.83. The van der Waals surface area contributed by atoms with Gasteiger partial charge in [0.05, 0.1) is 13.2 Å². The van der Waals surface area contributed by atoms with Gasteiger partial charge < -0.3 is 9.47 Å². The van der Waals surface area contributed by atoms with E-state index in [4.69, 9.17) is 4.74 Å². The molecule has 108 valence electrons. The first-order valence-corrected chi connectivity index (χ1v) is 6.06. The van der Waals surface area contributed by atoms with Crippen LogP contribution in [0, 0.1) is 0 Å². The maximum absolute atomic E-state index is 13.7. The van der Waals surface area contributed by atoms with Crippen LogP contribution in [0.5, 0.6) is 0 Å². The predicted molar refractivity (Wildman–Crippen MR) is 65.7 cm³/mol. The Kier molecular flexibility index (Phi) is 3.87. The number of halogens is 2. The highest BCUT2D eigenvalue weighted by Gasteiger charge is 2.42. The number of carbonyl (C=O) groups excluding carboxylic acids is 2. The van der Waals surface area contributed by atoms with Crippen molar-refractivity contribution < 1.29 is 27.8 Å². The van der Waals surface area contributed by atoms with Crippen LogP contribution in [0.1, 0.15) is 12.5 Å². The molecule has 2 rings (SSSR count). The zero-order chi connectivity index (χ0) is 14.8. The van der Waals surface area contributed by atoms with Gasteiger partial charge >= 0.3 is 18.0 Å². The molecule has 0 radical (unpaired) electrons. The van der Waals surface area contributed by atoms with E-state index in [0.717, 1.165) is 12.1 Å². The standard InChI is InChI=1S/C13H13F2NO4/c1-2-19-11(17)13(14,15)9-3-5-10(6-4-9)16-7-8-20-12(16)18/h3-6H,2,7-8H2,1H3. The lowest BCUT2D eigenvalue weighted by molar-refractivity contribution is -0.173. The lowest BCUT2D eigenvalue weighted by atomic mass is 10.1. The van der Waals surface area contributed by atoms with Gasteiger partial charge in [-0.25, -0.2) is 9.59 Å². The molecule has 0 aliphatic carbocycles. The summed E-state index contributed by atoms with van der Waals surface area (Å²) in [6, 6.07) is 4.87. The van der Waals surface area contributed by atoms with Crippen LogP contribution in [0.25, 0.3) is 0 Å². The number of hydrogen-bond acceptors (Lipinski definition) is 4. The minimum Gasteiger partial charge on any atom is -0.461 e. The van der Waals surface area contributed by atoms with Gasteiger partial charge in [-0.1, -0.05) is 12.1 Å². The van der Waals surface area contributed by atoms with E-state index in [9.17, 15) is 18.4 Å². The maximum atomic E-state index is 13.7. The van der Waals surface area contributed by atoms with E-state index in [1.807, 2.05) is 0 Å². The van der Waals surface area contributed by atoms with Gasteiger partial charge in [0.1, 0.15) is 6.61 Å². The van der Waals surface area contributed by atoms with Crippen molar-refractivity contribution in [2.24, 2.45) is 0 Å². The fraction of sp³-hybridized carbons (Fsp3) is 0.385. The topological polar surface area (TPSA) is 55.8 Å². The lowest BCUT2D eigenvalue weighted by Gasteiger charge is -2.17. The molecule has 1 aliphatic heterocycles. The largest absolute Gasteiger partial charge is 0.461 e. The predicted octanol–water partition coefficient (Wildman–Crippen LogP) is 2.30. The van der Waals surface area contributed by atoms with Gasteiger partial charge in [-0.2, -0.15) is 8.78 Å². The molecule has 1 amide bonds. The summed E-state index contributed by atoms with van der Waals surface area (Å²) >= 11 is 0. The number of ether oxygens (including phenoxy) is 2. The molecule has 5 nitrogen and oxygen atoms in total. The van der Waals surface area contributed by atoms with Crippen LogP contribution in [-0.4, -0.2) is 31.8 Å². The van der Waals surface area contributed by atoms with Crippen molar-refractivity contribution in [2.75, 3.05) is 24.7 Å². The Morgan fingerprint density at radius 3 is 2.55 bits per heavy atom. The van der Waals surface area contributed by atoms with Gasteiger partial charge in [-0.05, 0) is 19.1 Å².